The Bertz CT molecular complexity index is 1940. The molecular formula is C28H14ClF6N5O2. The van der Waals surface area contributed by atoms with Gasteiger partial charge >= 0.3 is 6.18 Å². The van der Waals surface area contributed by atoms with Crippen molar-refractivity contribution in [2.45, 2.75) is 12.2 Å². The minimum absolute atomic E-state index is 0.0116. The third-order valence-electron chi connectivity index (χ3n) is 6.66. The molecule has 2 N–H and O–H groups in total. The molecule has 1 atom stereocenters. The summed E-state index contributed by atoms with van der Waals surface area (Å²) in [4.78, 5) is 30.2. The van der Waals surface area contributed by atoms with Crippen molar-refractivity contribution in [2.24, 2.45) is 0 Å². The number of nitrogens with zero attached hydrogens (tertiary/aromatic N) is 3. The second-order valence-corrected chi connectivity index (χ2v) is 9.75. The second-order valence-electron chi connectivity index (χ2n) is 9.34. The number of pyridine rings is 1. The third kappa shape index (κ3) is 4.81. The maximum atomic E-state index is 14.7. The van der Waals surface area contributed by atoms with Crippen LogP contribution in [0.2, 0.25) is 5.02 Å². The molecule has 42 heavy (non-hydrogen) atoms. The van der Waals surface area contributed by atoms with Gasteiger partial charge in [0.1, 0.15) is 18.0 Å². The lowest BCUT2D eigenvalue weighted by atomic mass is 9.93. The molecule has 0 unspecified atom stereocenters. The maximum Gasteiger partial charge on any atom is 0.416 e. The van der Waals surface area contributed by atoms with E-state index < -0.39 is 52.6 Å². The fourth-order valence-corrected chi connectivity index (χ4v) is 5.02. The van der Waals surface area contributed by atoms with Crippen molar-refractivity contribution >= 4 is 34.7 Å². The molecule has 0 saturated heterocycles. The zero-order chi connectivity index (χ0) is 29.9. The van der Waals surface area contributed by atoms with Crippen LogP contribution < -0.4 is 10.6 Å². The fraction of sp³-hybridized carbons (Fsp3) is 0.0714. The van der Waals surface area contributed by atoms with Crippen molar-refractivity contribution in [3.05, 3.63) is 117 Å². The predicted octanol–water partition coefficient (Wildman–Crippen LogP) is 6.57. The minimum Gasteiger partial charge on any atom is -0.341 e. The summed E-state index contributed by atoms with van der Waals surface area (Å²) in [5.41, 5.74) is -1.58. The van der Waals surface area contributed by atoms with E-state index in [4.69, 9.17) is 11.6 Å². The maximum absolute atomic E-state index is 14.7. The van der Waals surface area contributed by atoms with E-state index in [0.29, 0.717) is 12.1 Å². The highest BCUT2D eigenvalue weighted by Crippen LogP contribution is 2.42. The first-order valence-corrected chi connectivity index (χ1v) is 12.4. The fourth-order valence-electron chi connectivity index (χ4n) is 4.79. The number of hydrogen-bond acceptors (Lipinski definition) is 4. The van der Waals surface area contributed by atoms with Gasteiger partial charge < -0.3 is 10.6 Å². The van der Waals surface area contributed by atoms with Gasteiger partial charge in [0.05, 0.1) is 11.6 Å². The Kier molecular flexibility index (Phi) is 6.41. The number of alkyl halides is 3. The first-order valence-electron chi connectivity index (χ1n) is 12.0. The summed E-state index contributed by atoms with van der Waals surface area (Å²) < 4.78 is 84.1. The Morgan fingerprint density at radius 1 is 0.976 bits per heavy atom. The lowest BCUT2D eigenvalue weighted by Gasteiger charge is -2.19. The zero-order valence-electron chi connectivity index (χ0n) is 20.7. The molecule has 7 nitrogen and oxygen atoms in total. The van der Waals surface area contributed by atoms with E-state index in [-0.39, 0.29) is 50.2 Å². The quantitative estimate of drug-likeness (QED) is 0.228. The van der Waals surface area contributed by atoms with Crippen molar-refractivity contribution in [3.8, 4) is 11.1 Å². The summed E-state index contributed by atoms with van der Waals surface area (Å²) in [6.07, 6.45) is -2.39. The highest BCUT2D eigenvalue weighted by atomic mass is 35.5. The molecule has 0 spiro atoms. The number of fused-ring (bicyclic) bond motifs is 2. The topological polar surface area (TPSA) is 88.4 Å². The van der Waals surface area contributed by atoms with Crippen molar-refractivity contribution in [2.75, 3.05) is 5.32 Å². The molecule has 0 radical (unpaired) electrons. The molecule has 1 aliphatic heterocycles. The van der Waals surface area contributed by atoms with Crippen LogP contribution in [-0.4, -0.2) is 26.4 Å². The number of hydrogen-bond donors (Lipinski definition) is 2. The Morgan fingerprint density at radius 2 is 1.76 bits per heavy atom. The molecule has 0 fully saturated rings. The third-order valence-corrected chi connectivity index (χ3v) is 7.00. The standard InChI is InChI=1S/C28H14ClF6N5O2/c29-20-2-1-16(30)9-18(20)24-23-19(27(42)39-24)5-12(14-6-21(32)25-36-11-37-40(25)10-14)7-22(23)38-26(41)13-3-15(28(33,34)35)8-17(31)4-13/h1-11,24H,(H,38,41)(H,39,42)/t24-/m0/s1. The first kappa shape index (κ1) is 27.3. The molecule has 2 aromatic heterocycles. The number of anilines is 1. The molecular weight excluding hydrogens is 588 g/mol. The van der Waals surface area contributed by atoms with Gasteiger partial charge in [-0.2, -0.15) is 18.3 Å². The van der Waals surface area contributed by atoms with Crippen LogP contribution in [-0.2, 0) is 6.18 Å². The van der Waals surface area contributed by atoms with E-state index in [1.165, 1.54) is 24.4 Å². The molecule has 2 amide bonds. The van der Waals surface area contributed by atoms with E-state index in [9.17, 15) is 35.9 Å². The molecule has 0 saturated carbocycles. The number of halogens is 7. The summed E-state index contributed by atoms with van der Waals surface area (Å²) >= 11 is 6.30. The van der Waals surface area contributed by atoms with E-state index >= 15 is 0 Å². The molecule has 3 heterocycles. The number of aromatic nitrogens is 3. The highest BCUT2D eigenvalue weighted by molar-refractivity contribution is 6.31. The SMILES string of the molecule is O=C(Nc1cc(-c2cc(F)c3ncnn3c2)cc2c1[C@H](c1cc(F)ccc1Cl)NC2=O)c1cc(F)cc(C(F)(F)F)c1. The van der Waals surface area contributed by atoms with Crippen molar-refractivity contribution in [1.82, 2.24) is 19.9 Å². The van der Waals surface area contributed by atoms with Crippen LogP contribution in [0.4, 0.5) is 32.0 Å². The van der Waals surface area contributed by atoms with E-state index in [1.807, 2.05) is 0 Å². The van der Waals surface area contributed by atoms with Gasteiger partial charge in [-0.1, -0.05) is 11.6 Å². The van der Waals surface area contributed by atoms with Crippen molar-refractivity contribution in [3.63, 3.8) is 0 Å². The average Bonchev–Trinajstić information content (AvgIpc) is 3.54. The zero-order valence-corrected chi connectivity index (χ0v) is 21.5. The lowest BCUT2D eigenvalue weighted by Crippen LogP contribution is -2.21. The molecule has 6 rings (SSSR count). The van der Waals surface area contributed by atoms with Crippen LogP contribution >= 0.6 is 11.6 Å². The molecule has 1 aliphatic rings. The van der Waals surface area contributed by atoms with Gasteiger partial charge in [-0.05, 0) is 60.2 Å². The number of carbonyl (C=O) groups excluding carboxylic acids is 2. The molecule has 14 heteroatoms. The Hall–Kier alpha value is -4.91. The second kappa shape index (κ2) is 9.87. The highest BCUT2D eigenvalue weighted by Gasteiger charge is 2.36. The first-order chi connectivity index (χ1) is 19.9. The van der Waals surface area contributed by atoms with Crippen LogP contribution in [0.5, 0.6) is 0 Å². The molecule has 0 aliphatic carbocycles. The number of amides is 2. The van der Waals surface area contributed by atoms with Gasteiger partial charge in [0.25, 0.3) is 11.8 Å². The normalized spacial score (nSPS) is 14.6. The summed E-state index contributed by atoms with van der Waals surface area (Å²) in [7, 11) is 0. The number of nitrogens with one attached hydrogen (secondary N) is 2. The lowest BCUT2D eigenvalue weighted by molar-refractivity contribution is -0.137. The van der Waals surface area contributed by atoms with E-state index in [1.54, 1.807) is 0 Å². The van der Waals surface area contributed by atoms with Crippen LogP contribution in [0, 0.1) is 17.5 Å². The smallest absolute Gasteiger partial charge is 0.341 e. The van der Waals surface area contributed by atoms with Crippen LogP contribution in [0.3, 0.4) is 0 Å². The van der Waals surface area contributed by atoms with Crippen molar-refractivity contribution in [1.29, 1.82) is 0 Å². The van der Waals surface area contributed by atoms with Gasteiger partial charge in [0.15, 0.2) is 11.5 Å². The van der Waals surface area contributed by atoms with Gasteiger partial charge in [0, 0.05) is 44.7 Å². The van der Waals surface area contributed by atoms with E-state index in [0.717, 1.165) is 29.0 Å². The largest absolute Gasteiger partial charge is 0.416 e. The molecule has 0 bridgehead atoms. The van der Waals surface area contributed by atoms with Gasteiger partial charge in [0.2, 0.25) is 0 Å². The van der Waals surface area contributed by atoms with Gasteiger partial charge in [-0.15, -0.1) is 0 Å². The van der Waals surface area contributed by atoms with Crippen molar-refractivity contribution < 1.29 is 35.9 Å². The van der Waals surface area contributed by atoms with Crippen LogP contribution in [0.1, 0.15) is 43.4 Å². The Balaban J connectivity index is 1.52. The Morgan fingerprint density at radius 3 is 2.52 bits per heavy atom. The number of carbonyl (C=O) groups is 2. The summed E-state index contributed by atoms with van der Waals surface area (Å²) in [6, 6.07) is 7.56. The monoisotopic (exact) mass is 601 g/mol. The summed E-state index contributed by atoms with van der Waals surface area (Å²) in [6.45, 7) is 0. The summed E-state index contributed by atoms with van der Waals surface area (Å²) in [5.74, 6) is -4.51. The van der Waals surface area contributed by atoms with E-state index in [2.05, 4.69) is 20.7 Å². The van der Waals surface area contributed by atoms with Gasteiger partial charge in [-0.3, -0.25) is 9.59 Å². The van der Waals surface area contributed by atoms with Crippen LogP contribution in [0.25, 0.3) is 16.8 Å². The molecule has 212 valence electrons. The summed E-state index contributed by atoms with van der Waals surface area (Å²) in [5, 5.41) is 9.09. The number of rotatable bonds is 4. The van der Waals surface area contributed by atoms with Crippen LogP contribution in [0.15, 0.2) is 67.1 Å². The predicted molar refractivity (Wildman–Crippen MR) is 138 cm³/mol. The Labute approximate surface area is 236 Å². The average molecular weight is 602 g/mol. The molecule has 5 aromatic rings. The minimum atomic E-state index is -4.93. The molecule has 3 aromatic carbocycles. The van der Waals surface area contributed by atoms with Gasteiger partial charge in [-0.25, -0.2) is 22.7 Å². The number of benzene rings is 3.